The number of anilines is 1. The van der Waals surface area contributed by atoms with Gasteiger partial charge in [-0.3, -0.25) is 4.79 Å². The molecule has 1 aromatic heterocycles. The van der Waals surface area contributed by atoms with Crippen LogP contribution in [0.4, 0.5) is 5.82 Å². The topological polar surface area (TPSA) is 64.1 Å². The second-order valence-corrected chi connectivity index (χ2v) is 7.79. The van der Waals surface area contributed by atoms with Crippen LogP contribution in [0.15, 0.2) is 30.5 Å². The van der Waals surface area contributed by atoms with Crippen molar-refractivity contribution in [3.05, 3.63) is 36.2 Å². The van der Waals surface area contributed by atoms with E-state index in [0.717, 1.165) is 35.5 Å². The summed E-state index contributed by atoms with van der Waals surface area (Å²) >= 11 is 0. The second-order valence-electron chi connectivity index (χ2n) is 7.79. The van der Waals surface area contributed by atoms with Crippen molar-refractivity contribution in [3.63, 3.8) is 0 Å². The first kappa shape index (κ1) is 20.3. The number of benzene rings is 1. The molecule has 0 aliphatic heterocycles. The van der Waals surface area contributed by atoms with Crippen LogP contribution in [-0.2, 0) is 11.2 Å². The summed E-state index contributed by atoms with van der Waals surface area (Å²) in [5.74, 6) is 2.03. The molecular formula is C23H31N3O2. The van der Waals surface area contributed by atoms with E-state index in [0.29, 0.717) is 11.7 Å². The second kappa shape index (κ2) is 9.67. The van der Waals surface area contributed by atoms with Crippen molar-refractivity contribution in [2.45, 2.75) is 58.8 Å². The molecule has 0 bridgehead atoms. The number of hydrogen-bond acceptors (Lipinski definition) is 4. The molecular weight excluding hydrogens is 350 g/mol. The van der Waals surface area contributed by atoms with Gasteiger partial charge in [-0.25, -0.2) is 9.97 Å². The summed E-state index contributed by atoms with van der Waals surface area (Å²) < 4.78 is 5.24. The van der Waals surface area contributed by atoms with Crippen LogP contribution in [0.3, 0.4) is 0 Å². The van der Waals surface area contributed by atoms with Crippen molar-refractivity contribution in [2.24, 2.45) is 11.8 Å². The van der Waals surface area contributed by atoms with Crippen LogP contribution in [0.5, 0.6) is 5.75 Å². The Bertz CT molecular complexity index is 783. The Morgan fingerprint density at radius 1 is 1.21 bits per heavy atom. The van der Waals surface area contributed by atoms with Gasteiger partial charge in [0.15, 0.2) is 5.82 Å². The van der Waals surface area contributed by atoms with E-state index in [1.54, 1.807) is 13.3 Å². The molecule has 28 heavy (non-hydrogen) atoms. The Morgan fingerprint density at radius 3 is 2.57 bits per heavy atom. The summed E-state index contributed by atoms with van der Waals surface area (Å²) in [6.07, 6.45) is 9.77. The molecule has 3 rings (SSSR count). The maximum Gasteiger partial charge on any atom is 0.228 e. The molecule has 1 N–H and O–H groups in total. The Kier molecular flexibility index (Phi) is 7.01. The third kappa shape index (κ3) is 5.09. The molecule has 1 amide bonds. The van der Waals surface area contributed by atoms with Crippen LogP contribution < -0.4 is 10.1 Å². The lowest BCUT2D eigenvalue weighted by atomic mass is 9.86. The van der Waals surface area contributed by atoms with Crippen molar-refractivity contribution in [1.82, 2.24) is 9.97 Å². The highest BCUT2D eigenvalue weighted by molar-refractivity contribution is 5.91. The number of methoxy groups -OCH3 is 1. The average Bonchev–Trinajstić information content (AvgIpc) is 2.75. The molecule has 150 valence electrons. The Balaban J connectivity index is 1.88. The van der Waals surface area contributed by atoms with Crippen LogP contribution in [-0.4, -0.2) is 23.0 Å². The molecule has 1 heterocycles. The summed E-state index contributed by atoms with van der Waals surface area (Å²) in [6.45, 7) is 3.96. The highest BCUT2D eigenvalue weighted by atomic mass is 16.5. The number of hydrogen-bond donors (Lipinski definition) is 1. The van der Waals surface area contributed by atoms with Gasteiger partial charge in [0.05, 0.1) is 24.7 Å². The average molecular weight is 382 g/mol. The van der Waals surface area contributed by atoms with Crippen molar-refractivity contribution in [3.8, 4) is 17.0 Å². The third-order valence-electron chi connectivity index (χ3n) is 5.74. The molecule has 0 radical (unpaired) electrons. The molecule has 1 aliphatic rings. The molecule has 0 spiro atoms. The fraction of sp³-hybridized carbons (Fsp3) is 0.522. The minimum Gasteiger partial charge on any atom is -0.497 e. The van der Waals surface area contributed by atoms with E-state index in [1.807, 2.05) is 38.1 Å². The number of carbonyl (C=O) groups is 1. The van der Waals surface area contributed by atoms with Crippen LogP contribution in [0.25, 0.3) is 11.3 Å². The number of ether oxygens (including phenoxy) is 1. The monoisotopic (exact) mass is 381 g/mol. The Morgan fingerprint density at radius 2 is 1.93 bits per heavy atom. The fourth-order valence-corrected chi connectivity index (χ4v) is 3.67. The lowest BCUT2D eigenvalue weighted by Crippen LogP contribution is -2.22. The van der Waals surface area contributed by atoms with Crippen LogP contribution in [0.2, 0.25) is 0 Å². The van der Waals surface area contributed by atoms with Crippen molar-refractivity contribution >= 4 is 11.7 Å². The minimum absolute atomic E-state index is 0.0129. The zero-order chi connectivity index (χ0) is 19.9. The van der Waals surface area contributed by atoms with Gasteiger partial charge in [-0.1, -0.05) is 46.0 Å². The Labute approximate surface area is 167 Å². The van der Waals surface area contributed by atoms with Crippen molar-refractivity contribution in [1.29, 1.82) is 0 Å². The highest BCUT2D eigenvalue weighted by Crippen LogP contribution is 2.29. The third-order valence-corrected chi connectivity index (χ3v) is 5.74. The zero-order valence-electron chi connectivity index (χ0n) is 17.2. The molecule has 1 atom stereocenters. The lowest BCUT2D eigenvalue weighted by Gasteiger charge is -2.22. The molecule has 5 heteroatoms. The van der Waals surface area contributed by atoms with Crippen LogP contribution in [0.1, 0.15) is 58.1 Å². The minimum atomic E-state index is -0.0365. The van der Waals surface area contributed by atoms with E-state index < -0.39 is 0 Å². The quantitative estimate of drug-likeness (QED) is 0.710. The van der Waals surface area contributed by atoms with Crippen LogP contribution in [0, 0.1) is 11.8 Å². The van der Waals surface area contributed by atoms with E-state index in [-0.39, 0.29) is 11.8 Å². The number of rotatable bonds is 7. The molecule has 1 fully saturated rings. The molecule has 1 aliphatic carbocycles. The maximum atomic E-state index is 12.4. The number of carbonyl (C=O) groups excluding carboxylic acids is 1. The van der Waals surface area contributed by atoms with Gasteiger partial charge in [0.25, 0.3) is 0 Å². The smallest absolute Gasteiger partial charge is 0.228 e. The fourth-order valence-electron chi connectivity index (χ4n) is 3.67. The number of aromatic nitrogens is 2. The van der Waals surface area contributed by atoms with Crippen molar-refractivity contribution in [2.75, 3.05) is 12.4 Å². The van der Waals surface area contributed by atoms with E-state index >= 15 is 0 Å². The predicted molar refractivity (Wildman–Crippen MR) is 112 cm³/mol. The first-order chi connectivity index (χ1) is 13.6. The summed E-state index contributed by atoms with van der Waals surface area (Å²) in [5.41, 5.74) is 2.73. The van der Waals surface area contributed by atoms with Crippen LogP contribution >= 0.6 is 0 Å². The summed E-state index contributed by atoms with van der Waals surface area (Å²) in [7, 11) is 1.66. The van der Waals surface area contributed by atoms with Gasteiger partial charge in [-0.05, 0) is 43.0 Å². The number of nitrogens with one attached hydrogen (secondary N) is 1. The standard InChI is InChI=1S/C23H31N3O2/c1-4-16(2)23(27)26-22-20(14-17-8-6-5-7-9-17)25-21(15-24-22)18-10-12-19(28-3)13-11-18/h10-13,15-17H,4-9,14H2,1-3H3,(H,24,26,27). The molecule has 1 unspecified atom stereocenters. The van der Waals surface area contributed by atoms with Gasteiger partial charge in [0.2, 0.25) is 5.91 Å². The molecule has 2 aromatic rings. The predicted octanol–water partition coefficient (Wildman–Crippen LogP) is 5.26. The summed E-state index contributed by atoms with van der Waals surface area (Å²) in [6, 6.07) is 7.84. The highest BCUT2D eigenvalue weighted by Gasteiger charge is 2.20. The van der Waals surface area contributed by atoms with Crippen molar-refractivity contribution < 1.29 is 9.53 Å². The molecule has 5 nitrogen and oxygen atoms in total. The van der Waals surface area contributed by atoms with E-state index in [9.17, 15) is 4.79 Å². The zero-order valence-corrected chi connectivity index (χ0v) is 17.2. The first-order valence-corrected chi connectivity index (χ1v) is 10.4. The van der Waals surface area contributed by atoms with Gasteiger partial charge in [0, 0.05) is 11.5 Å². The Hall–Kier alpha value is -2.43. The van der Waals surface area contributed by atoms with E-state index in [4.69, 9.17) is 9.72 Å². The summed E-state index contributed by atoms with van der Waals surface area (Å²) in [5, 5.41) is 3.02. The number of amides is 1. The lowest BCUT2D eigenvalue weighted by molar-refractivity contribution is -0.119. The van der Waals surface area contributed by atoms with Gasteiger partial charge in [0.1, 0.15) is 5.75 Å². The van der Waals surface area contributed by atoms with E-state index in [2.05, 4.69) is 10.3 Å². The largest absolute Gasteiger partial charge is 0.497 e. The number of nitrogens with zero attached hydrogens (tertiary/aromatic N) is 2. The molecule has 1 saturated carbocycles. The van der Waals surface area contributed by atoms with Gasteiger partial charge in [-0.2, -0.15) is 0 Å². The van der Waals surface area contributed by atoms with Gasteiger partial charge in [-0.15, -0.1) is 0 Å². The summed E-state index contributed by atoms with van der Waals surface area (Å²) in [4.78, 5) is 21.9. The molecule has 1 aromatic carbocycles. The van der Waals surface area contributed by atoms with Gasteiger partial charge >= 0.3 is 0 Å². The molecule has 0 saturated heterocycles. The maximum absolute atomic E-state index is 12.4. The normalized spacial score (nSPS) is 15.8. The first-order valence-electron chi connectivity index (χ1n) is 10.4. The SMILES string of the molecule is CCC(C)C(=O)Nc1ncc(-c2ccc(OC)cc2)nc1CC1CCCCC1. The van der Waals surface area contributed by atoms with Gasteiger partial charge < -0.3 is 10.1 Å². The van der Waals surface area contributed by atoms with E-state index in [1.165, 1.54) is 32.1 Å².